The van der Waals surface area contributed by atoms with Crippen LogP contribution in [0.3, 0.4) is 0 Å². The van der Waals surface area contributed by atoms with Crippen molar-refractivity contribution in [3.8, 4) is 0 Å². The summed E-state index contributed by atoms with van der Waals surface area (Å²) in [7, 11) is 3.62. The van der Waals surface area contributed by atoms with E-state index in [0.717, 1.165) is 4.47 Å². The maximum atomic E-state index is 11.7. The standard InChI is InChI=1S/C12H14BrN3O2S2/c1-16(2)12(19)20-7-10(17)14-15-11(18)8-3-5-9(13)6-4-8/h3-6H,7H2,1-2H3,(H,14,17)(H,15,18). The van der Waals surface area contributed by atoms with Gasteiger partial charge in [0, 0.05) is 24.1 Å². The fourth-order valence-corrected chi connectivity index (χ4v) is 2.12. The molecule has 8 heteroatoms. The molecule has 0 radical (unpaired) electrons. The topological polar surface area (TPSA) is 61.4 Å². The molecule has 0 aliphatic rings. The van der Waals surface area contributed by atoms with Gasteiger partial charge in [-0.3, -0.25) is 20.4 Å². The molecule has 0 heterocycles. The van der Waals surface area contributed by atoms with Crippen LogP contribution in [0.5, 0.6) is 0 Å². The zero-order chi connectivity index (χ0) is 15.1. The van der Waals surface area contributed by atoms with Crippen molar-refractivity contribution < 1.29 is 9.59 Å². The van der Waals surface area contributed by atoms with Gasteiger partial charge in [0.25, 0.3) is 5.91 Å². The number of hydrogen-bond donors (Lipinski definition) is 2. The number of carbonyl (C=O) groups is 2. The lowest BCUT2D eigenvalue weighted by Gasteiger charge is -2.12. The molecule has 108 valence electrons. The molecule has 1 aromatic rings. The Labute approximate surface area is 135 Å². The Balaban J connectivity index is 2.35. The number of benzene rings is 1. The number of halogens is 1. The van der Waals surface area contributed by atoms with Crippen LogP contribution in [0, 0.1) is 0 Å². The highest BCUT2D eigenvalue weighted by Crippen LogP contribution is 2.10. The van der Waals surface area contributed by atoms with Crippen molar-refractivity contribution in [2.24, 2.45) is 0 Å². The largest absolute Gasteiger partial charge is 0.364 e. The van der Waals surface area contributed by atoms with E-state index in [0.29, 0.717) is 9.88 Å². The first kappa shape index (κ1) is 16.9. The first-order valence-electron chi connectivity index (χ1n) is 5.59. The highest BCUT2D eigenvalue weighted by atomic mass is 79.9. The molecule has 0 bridgehead atoms. The summed E-state index contributed by atoms with van der Waals surface area (Å²) in [5.41, 5.74) is 5.15. The minimum absolute atomic E-state index is 0.150. The summed E-state index contributed by atoms with van der Waals surface area (Å²) in [5, 5.41) is 0. The molecule has 2 amide bonds. The van der Waals surface area contributed by atoms with Crippen molar-refractivity contribution in [3.63, 3.8) is 0 Å². The van der Waals surface area contributed by atoms with E-state index >= 15 is 0 Å². The van der Waals surface area contributed by atoms with Crippen LogP contribution in [0.15, 0.2) is 28.7 Å². The third-order valence-corrected chi connectivity index (χ3v) is 4.38. The molecule has 5 nitrogen and oxygen atoms in total. The van der Waals surface area contributed by atoms with E-state index in [1.807, 2.05) is 14.1 Å². The van der Waals surface area contributed by atoms with Gasteiger partial charge in [0.15, 0.2) is 0 Å². The predicted molar refractivity (Wildman–Crippen MR) is 88.5 cm³/mol. The fraction of sp³-hybridized carbons (Fsp3) is 0.250. The van der Waals surface area contributed by atoms with Crippen molar-refractivity contribution in [2.75, 3.05) is 19.8 Å². The van der Waals surface area contributed by atoms with Gasteiger partial charge in [0.05, 0.1) is 5.75 Å². The van der Waals surface area contributed by atoms with E-state index in [1.165, 1.54) is 11.8 Å². The Bertz CT molecular complexity index is 506. The molecular formula is C12H14BrN3O2S2. The number of nitrogens with one attached hydrogen (secondary N) is 2. The van der Waals surface area contributed by atoms with Crippen LogP contribution in [0.25, 0.3) is 0 Å². The second-order valence-electron chi connectivity index (χ2n) is 3.96. The van der Waals surface area contributed by atoms with Gasteiger partial charge in [0.1, 0.15) is 4.32 Å². The number of hydrazine groups is 1. The Kier molecular flexibility index (Phi) is 6.97. The van der Waals surface area contributed by atoms with Gasteiger partial charge in [-0.25, -0.2) is 0 Å². The average molecular weight is 376 g/mol. The number of carbonyl (C=O) groups excluding carboxylic acids is 2. The van der Waals surface area contributed by atoms with Crippen LogP contribution in [-0.2, 0) is 4.79 Å². The zero-order valence-electron chi connectivity index (χ0n) is 11.0. The Morgan fingerprint density at radius 2 is 1.85 bits per heavy atom. The molecule has 0 spiro atoms. The number of thioether (sulfide) groups is 1. The number of hydrogen-bond acceptors (Lipinski definition) is 4. The van der Waals surface area contributed by atoms with Crippen molar-refractivity contribution in [3.05, 3.63) is 34.3 Å². The summed E-state index contributed by atoms with van der Waals surface area (Å²) >= 11 is 9.55. The number of amides is 2. The van der Waals surface area contributed by atoms with Crippen LogP contribution in [0.4, 0.5) is 0 Å². The van der Waals surface area contributed by atoms with E-state index in [4.69, 9.17) is 12.2 Å². The minimum Gasteiger partial charge on any atom is -0.364 e. The molecule has 0 aliphatic carbocycles. The molecule has 1 aromatic carbocycles. The fourth-order valence-electron chi connectivity index (χ4n) is 1.09. The van der Waals surface area contributed by atoms with E-state index in [1.54, 1.807) is 29.2 Å². The lowest BCUT2D eigenvalue weighted by Crippen LogP contribution is -2.42. The van der Waals surface area contributed by atoms with Gasteiger partial charge < -0.3 is 4.90 Å². The van der Waals surface area contributed by atoms with Crippen LogP contribution in [-0.4, -0.2) is 40.9 Å². The SMILES string of the molecule is CN(C)C(=S)SCC(=O)NNC(=O)c1ccc(Br)cc1. The molecule has 0 aliphatic heterocycles. The van der Waals surface area contributed by atoms with Crippen LogP contribution in [0.2, 0.25) is 0 Å². The van der Waals surface area contributed by atoms with Crippen LogP contribution < -0.4 is 10.9 Å². The van der Waals surface area contributed by atoms with Gasteiger partial charge in [-0.2, -0.15) is 0 Å². The molecule has 0 aromatic heterocycles. The summed E-state index contributed by atoms with van der Waals surface area (Å²) in [5.74, 6) is -0.534. The maximum Gasteiger partial charge on any atom is 0.269 e. The highest BCUT2D eigenvalue weighted by molar-refractivity contribution is 9.10. The van der Waals surface area contributed by atoms with Crippen LogP contribution in [0.1, 0.15) is 10.4 Å². The molecule has 0 fully saturated rings. The molecule has 0 saturated heterocycles. The Morgan fingerprint density at radius 1 is 1.25 bits per heavy atom. The summed E-state index contributed by atoms with van der Waals surface area (Å²) in [6.45, 7) is 0. The molecule has 0 atom stereocenters. The van der Waals surface area contributed by atoms with E-state index < -0.39 is 0 Å². The second-order valence-corrected chi connectivity index (χ2v) is 6.48. The van der Waals surface area contributed by atoms with Gasteiger partial charge in [-0.15, -0.1) is 0 Å². The number of rotatable bonds is 3. The summed E-state index contributed by atoms with van der Waals surface area (Å²) in [6.07, 6.45) is 0. The normalized spacial score (nSPS) is 9.75. The first-order chi connectivity index (χ1) is 9.40. The Hall–Kier alpha value is -1.12. The van der Waals surface area contributed by atoms with Gasteiger partial charge in [-0.05, 0) is 24.3 Å². The smallest absolute Gasteiger partial charge is 0.269 e. The minimum atomic E-state index is -0.369. The highest BCUT2D eigenvalue weighted by Gasteiger charge is 2.09. The van der Waals surface area contributed by atoms with Crippen molar-refractivity contribution in [2.45, 2.75) is 0 Å². The number of nitrogens with zero attached hydrogens (tertiary/aromatic N) is 1. The third-order valence-electron chi connectivity index (χ3n) is 2.11. The van der Waals surface area contributed by atoms with Crippen molar-refractivity contribution in [1.82, 2.24) is 15.8 Å². The second kappa shape index (κ2) is 8.23. The average Bonchev–Trinajstić information content (AvgIpc) is 2.42. The van der Waals surface area contributed by atoms with E-state index in [2.05, 4.69) is 26.8 Å². The summed E-state index contributed by atoms with van der Waals surface area (Å²) in [4.78, 5) is 25.0. The molecule has 0 saturated carbocycles. The number of thiocarbonyl (C=S) groups is 1. The van der Waals surface area contributed by atoms with Crippen molar-refractivity contribution in [1.29, 1.82) is 0 Å². The quantitative estimate of drug-likeness (QED) is 0.622. The summed E-state index contributed by atoms with van der Waals surface area (Å²) < 4.78 is 1.49. The third kappa shape index (κ3) is 5.89. The molecular weight excluding hydrogens is 362 g/mol. The predicted octanol–water partition coefficient (Wildman–Crippen LogP) is 1.79. The molecule has 0 unspecified atom stereocenters. The molecule has 20 heavy (non-hydrogen) atoms. The zero-order valence-corrected chi connectivity index (χ0v) is 14.2. The van der Waals surface area contributed by atoms with Gasteiger partial charge in [-0.1, -0.05) is 39.9 Å². The maximum absolute atomic E-state index is 11.7. The lowest BCUT2D eigenvalue weighted by atomic mass is 10.2. The van der Waals surface area contributed by atoms with E-state index in [9.17, 15) is 9.59 Å². The van der Waals surface area contributed by atoms with E-state index in [-0.39, 0.29) is 17.6 Å². The lowest BCUT2D eigenvalue weighted by molar-refractivity contribution is -0.119. The summed E-state index contributed by atoms with van der Waals surface area (Å²) in [6, 6.07) is 6.81. The Morgan fingerprint density at radius 3 is 2.40 bits per heavy atom. The van der Waals surface area contributed by atoms with Gasteiger partial charge in [0.2, 0.25) is 5.91 Å². The van der Waals surface area contributed by atoms with Gasteiger partial charge >= 0.3 is 0 Å². The molecule has 2 N–H and O–H groups in total. The van der Waals surface area contributed by atoms with Crippen LogP contribution >= 0.6 is 39.9 Å². The first-order valence-corrected chi connectivity index (χ1v) is 7.77. The van der Waals surface area contributed by atoms with Crippen molar-refractivity contribution >= 4 is 56.0 Å². The monoisotopic (exact) mass is 375 g/mol. The molecule has 1 rings (SSSR count).